The van der Waals surface area contributed by atoms with E-state index in [1.807, 2.05) is 0 Å². The number of hydrogen-bond acceptors (Lipinski definition) is 7. The fraction of sp³-hybridized carbons (Fsp3) is 0.630. The van der Waals surface area contributed by atoms with E-state index in [1.54, 1.807) is 25.2 Å². The molecule has 1 saturated heterocycles. The van der Waals surface area contributed by atoms with Crippen molar-refractivity contribution in [1.82, 2.24) is 0 Å². The van der Waals surface area contributed by atoms with E-state index in [2.05, 4.69) is 13.8 Å². The van der Waals surface area contributed by atoms with Crippen LogP contribution < -0.4 is 0 Å². The molecule has 0 aromatic carbocycles. The molecule has 192 valence electrons. The van der Waals surface area contributed by atoms with Gasteiger partial charge in [-0.3, -0.25) is 9.59 Å². The maximum atomic E-state index is 13.6. The number of aliphatic carboxylic acids is 1. The molecule has 2 fully saturated rings. The Hall–Kier alpha value is -2.90. The van der Waals surface area contributed by atoms with Gasteiger partial charge in [0, 0.05) is 24.0 Å². The molecule has 3 rings (SSSR count). The van der Waals surface area contributed by atoms with Crippen molar-refractivity contribution in [3.05, 3.63) is 35.5 Å². The Bertz CT molecular complexity index is 989. The second-order valence-corrected chi connectivity index (χ2v) is 10.5. The maximum absolute atomic E-state index is 13.6. The monoisotopic (exact) mass is 488 g/mol. The highest BCUT2D eigenvalue weighted by Crippen LogP contribution is 2.65. The minimum Gasteiger partial charge on any atom is -0.478 e. The number of ether oxygens (including phenoxy) is 3. The number of esters is 3. The van der Waals surface area contributed by atoms with Gasteiger partial charge in [0.1, 0.15) is 16.6 Å². The number of carboxylic acid groups (broad SMARTS) is 1. The summed E-state index contributed by atoms with van der Waals surface area (Å²) in [7, 11) is 0. The van der Waals surface area contributed by atoms with E-state index in [1.165, 1.54) is 19.9 Å². The van der Waals surface area contributed by atoms with Gasteiger partial charge in [0.05, 0.1) is 6.61 Å². The number of carbonyl (C=O) groups excluding carboxylic acids is 3. The Balaban J connectivity index is 1.95. The molecule has 8 heteroatoms. The van der Waals surface area contributed by atoms with Crippen LogP contribution in [0.25, 0.3) is 0 Å². The van der Waals surface area contributed by atoms with Crippen LogP contribution in [0.2, 0.25) is 0 Å². The first kappa shape index (κ1) is 26.7. The third-order valence-electron chi connectivity index (χ3n) is 7.72. The van der Waals surface area contributed by atoms with Crippen LogP contribution in [0.4, 0.5) is 0 Å². The molecular weight excluding hydrogens is 452 g/mol. The summed E-state index contributed by atoms with van der Waals surface area (Å²) in [6.45, 7) is 8.99. The zero-order valence-electron chi connectivity index (χ0n) is 21.2. The maximum Gasteiger partial charge on any atom is 0.333 e. The predicted octanol–water partition coefficient (Wildman–Crippen LogP) is 4.29. The van der Waals surface area contributed by atoms with Crippen LogP contribution in [0.1, 0.15) is 73.1 Å². The summed E-state index contributed by atoms with van der Waals surface area (Å²) in [6, 6.07) is 0. The van der Waals surface area contributed by atoms with Crippen molar-refractivity contribution in [2.24, 2.45) is 17.3 Å². The summed E-state index contributed by atoms with van der Waals surface area (Å²) in [5.74, 6) is -2.35. The van der Waals surface area contributed by atoms with Gasteiger partial charge in [0.15, 0.2) is 0 Å². The molecule has 2 bridgehead atoms. The number of carbonyl (C=O) groups is 4. The van der Waals surface area contributed by atoms with Gasteiger partial charge < -0.3 is 19.3 Å². The Morgan fingerprint density at radius 3 is 2.60 bits per heavy atom. The topological polar surface area (TPSA) is 116 Å². The highest BCUT2D eigenvalue weighted by molar-refractivity contribution is 5.90. The van der Waals surface area contributed by atoms with E-state index in [0.717, 1.165) is 6.42 Å². The molecule has 1 saturated carbocycles. The average molecular weight is 489 g/mol. The van der Waals surface area contributed by atoms with Crippen LogP contribution in [0.5, 0.6) is 0 Å². The molecule has 0 amide bonds. The highest BCUT2D eigenvalue weighted by atomic mass is 16.6. The van der Waals surface area contributed by atoms with Crippen LogP contribution in [-0.2, 0) is 33.4 Å². The van der Waals surface area contributed by atoms with Crippen molar-refractivity contribution in [3.8, 4) is 0 Å². The van der Waals surface area contributed by atoms with Gasteiger partial charge in [0.25, 0.3) is 0 Å². The van der Waals surface area contributed by atoms with Gasteiger partial charge in [0.2, 0.25) is 0 Å². The summed E-state index contributed by atoms with van der Waals surface area (Å²) in [5, 5.41) is 9.12. The number of hydrogen-bond donors (Lipinski definition) is 1. The van der Waals surface area contributed by atoms with E-state index in [9.17, 15) is 19.2 Å². The summed E-state index contributed by atoms with van der Waals surface area (Å²) < 4.78 is 17.5. The fourth-order valence-corrected chi connectivity index (χ4v) is 5.80. The smallest absolute Gasteiger partial charge is 0.333 e. The van der Waals surface area contributed by atoms with Gasteiger partial charge in [-0.15, -0.1) is 0 Å². The highest BCUT2D eigenvalue weighted by Gasteiger charge is 2.74. The van der Waals surface area contributed by atoms with Crippen LogP contribution in [0, 0.1) is 17.3 Å². The lowest BCUT2D eigenvalue weighted by atomic mass is 9.62. The number of allylic oxidation sites excluding steroid dienone is 3. The molecule has 1 aliphatic heterocycles. The second kappa shape index (κ2) is 9.99. The summed E-state index contributed by atoms with van der Waals surface area (Å²) >= 11 is 0. The minimum absolute atomic E-state index is 0.141. The number of rotatable bonds is 8. The van der Waals surface area contributed by atoms with Gasteiger partial charge in [-0.2, -0.15) is 0 Å². The normalized spacial score (nSPS) is 32.5. The van der Waals surface area contributed by atoms with Gasteiger partial charge in [-0.05, 0) is 64.4 Å². The van der Waals surface area contributed by atoms with E-state index in [4.69, 9.17) is 19.3 Å². The molecule has 0 unspecified atom stereocenters. The van der Waals surface area contributed by atoms with Crippen molar-refractivity contribution in [3.63, 3.8) is 0 Å². The summed E-state index contributed by atoms with van der Waals surface area (Å²) in [4.78, 5) is 49.8. The van der Waals surface area contributed by atoms with Crippen LogP contribution >= 0.6 is 0 Å². The lowest BCUT2D eigenvalue weighted by Crippen LogP contribution is -2.65. The molecule has 4 atom stereocenters. The first-order valence-corrected chi connectivity index (χ1v) is 12.3. The van der Waals surface area contributed by atoms with Crippen molar-refractivity contribution < 1.29 is 38.5 Å². The molecule has 1 heterocycles. The molecule has 1 N–H and O–H groups in total. The molecule has 0 aromatic rings. The quantitative estimate of drug-likeness (QED) is 0.233. The molecule has 0 spiro atoms. The van der Waals surface area contributed by atoms with Gasteiger partial charge >= 0.3 is 23.9 Å². The third-order valence-corrected chi connectivity index (χ3v) is 7.72. The molecule has 0 radical (unpaired) electrons. The first-order valence-electron chi connectivity index (χ1n) is 12.3. The van der Waals surface area contributed by atoms with Gasteiger partial charge in [-0.1, -0.05) is 32.1 Å². The predicted molar refractivity (Wildman–Crippen MR) is 127 cm³/mol. The zero-order chi connectivity index (χ0) is 26.0. The standard InChI is InChI=1S/C27H36O8/c1-17(2)11-16-33-23(31)20-8-13-26-14-10-21(27(26,15-9-20)34-19(4)28)25(5,35-24(26)32)12-6-7-18(3)22(29)30/h6-8,12,17,21H,9-11,13-16H2,1-5H3,(H,29,30)/b12-6+,18-7+/t21-,25+,26+,27-/m0/s1. The molecule has 3 aliphatic rings. The second-order valence-electron chi connectivity index (χ2n) is 10.5. The Kier molecular flexibility index (Phi) is 7.62. The van der Waals surface area contributed by atoms with Crippen LogP contribution in [0.3, 0.4) is 0 Å². The Labute approximate surface area is 206 Å². The van der Waals surface area contributed by atoms with Crippen molar-refractivity contribution in [2.75, 3.05) is 6.61 Å². The van der Waals surface area contributed by atoms with Crippen molar-refractivity contribution in [2.45, 2.75) is 84.3 Å². The van der Waals surface area contributed by atoms with Crippen LogP contribution in [0.15, 0.2) is 35.5 Å². The summed E-state index contributed by atoms with van der Waals surface area (Å²) in [5.41, 5.74) is -2.70. The average Bonchev–Trinajstić information content (AvgIpc) is 2.90. The third kappa shape index (κ3) is 4.93. The Morgan fingerprint density at radius 1 is 1.26 bits per heavy atom. The Morgan fingerprint density at radius 2 is 1.97 bits per heavy atom. The molecule has 2 aliphatic carbocycles. The minimum atomic E-state index is -1.14. The molecular formula is C27H36O8. The lowest BCUT2D eigenvalue weighted by Gasteiger charge is -2.54. The SMILES string of the molecule is CC(=O)O[C@]12CCC(C(=O)OCCC(C)C)=CC[C@]13CC[C@H]2[C@@](C)(/C=C/C=C(\C)C(=O)O)OC3=O. The lowest BCUT2D eigenvalue weighted by molar-refractivity contribution is -0.235. The van der Waals surface area contributed by atoms with E-state index >= 15 is 0 Å². The van der Waals surface area contributed by atoms with Crippen molar-refractivity contribution >= 4 is 23.9 Å². The van der Waals surface area contributed by atoms with E-state index in [-0.39, 0.29) is 17.9 Å². The van der Waals surface area contributed by atoms with E-state index < -0.39 is 40.5 Å². The first-order chi connectivity index (χ1) is 16.4. The van der Waals surface area contributed by atoms with Crippen LogP contribution in [-0.4, -0.2) is 46.8 Å². The number of carboxylic acids is 1. The molecule has 8 nitrogen and oxygen atoms in total. The largest absolute Gasteiger partial charge is 0.478 e. The zero-order valence-corrected chi connectivity index (χ0v) is 21.2. The van der Waals surface area contributed by atoms with Gasteiger partial charge in [-0.25, -0.2) is 9.59 Å². The number of cyclic esters (lactones) is 1. The van der Waals surface area contributed by atoms with Crippen molar-refractivity contribution in [1.29, 1.82) is 0 Å². The molecule has 0 aromatic heterocycles. The van der Waals surface area contributed by atoms with E-state index in [0.29, 0.717) is 43.8 Å². The summed E-state index contributed by atoms with van der Waals surface area (Å²) in [6.07, 6.45) is 9.07. The molecule has 35 heavy (non-hydrogen) atoms. The fourth-order valence-electron chi connectivity index (χ4n) is 5.80.